The Balaban J connectivity index is 1.91. The van der Waals surface area contributed by atoms with Crippen molar-refractivity contribution in [2.45, 2.75) is 6.92 Å². The average Bonchev–Trinajstić information content (AvgIpc) is 3.01. The Labute approximate surface area is 166 Å². The van der Waals surface area contributed by atoms with E-state index in [-0.39, 0.29) is 18.1 Å². The number of hydrogen-bond donors (Lipinski definition) is 1. The molecule has 1 aliphatic rings. The fraction of sp³-hybridized carbons (Fsp3) is 0.143. The summed E-state index contributed by atoms with van der Waals surface area (Å²) in [5, 5.41) is 23.2. The van der Waals surface area contributed by atoms with Crippen LogP contribution in [0.4, 0.5) is 5.69 Å². The van der Waals surface area contributed by atoms with E-state index in [1.807, 2.05) is 6.07 Å². The molecule has 2 aromatic carbocycles. The molecule has 3 rings (SSSR count). The van der Waals surface area contributed by atoms with E-state index in [4.69, 9.17) is 19.8 Å². The van der Waals surface area contributed by atoms with Crippen LogP contribution in [0.25, 0.3) is 6.08 Å². The third-order valence-corrected chi connectivity index (χ3v) is 4.19. The number of rotatable bonds is 6. The SMILES string of the molecule is COc1cc(/C=C2\C(=O)N(c3cccc(C(=O)O)c3)N=C2C)ccc1OCC#N. The van der Waals surface area contributed by atoms with Gasteiger partial charge in [-0.3, -0.25) is 4.79 Å². The number of nitriles is 1. The highest BCUT2D eigenvalue weighted by molar-refractivity contribution is 6.32. The first-order valence-corrected chi connectivity index (χ1v) is 8.57. The molecule has 0 atom stereocenters. The number of carbonyl (C=O) groups excluding carboxylic acids is 1. The molecule has 0 aromatic heterocycles. The zero-order valence-corrected chi connectivity index (χ0v) is 15.7. The predicted molar refractivity (Wildman–Crippen MR) is 106 cm³/mol. The predicted octanol–water partition coefficient (Wildman–Crippen LogP) is 3.10. The summed E-state index contributed by atoms with van der Waals surface area (Å²) in [6.07, 6.45) is 1.67. The average molecular weight is 391 g/mol. The molecule has 0 fully saturated rings. The smallest absolute Gasteiger partial charge is 0.335 e. The molecule has 8 nitrogen and oxygen atoms in total. The van der Waals surface area contributed by atoms with E-state index in [1.54, 1.807) is 43.3 Å². The van der Waals surface area contributed by atoms with E-state index in [1.165, 1.54) is 24.3 Å². The zero-order valence-electron chi connectivity index (χ0n) is 15.7. The number of methoxy groups -OCH3 is 1. The lowest BCUT2D eigenvalue weighted by Crippen LogP contribution is -2.21. The van der Waals surface area contributed by atoms with Crippen LogP contribution in [0, 0.1) is 11.3 Å². The highest BCUT2D eigenvalue weighted by atomic mass is 16.5. The van der Waals surface area contributed by atoms with Gasteiger partial charge in [-0.15, -0.1) is 0 Å². The molecule has 0 bridgehead atoms. The fourth-order valence-corrected chi connectivity index (χ4v) is 2.80. The summed E-state index contributed by atoms with van der Waals surface area (Å²) >= 11 is 0. The monoisotopic (exact) mass is 391 g/mol. The van der Waals surface area contributed by atoms with E-state index in [0.29, 0.717) is 34.0 Å². The van der Waals surface area contributed by atoms with E-state index in [9.17, 15) is 9.59 Å². The normalized spacial score (nSPS) is 14.5. The van der Waals surface area contributed by atoms with Gasteiger partial charge in [0.25, 0.3) is 5.91 Å². The molecular weight excluding hydrogens is 374 g/mol. The third-order valence-electron chi connectivity index (χ3n) is 4.19. The second kappa shape index (κ2) is 8.27. The van der Waals surface area contributed by atoms with Crippen LogP contribution >= 0.6 is 0 Å². The maximum atomic E-state index is 12.9. The molecule has 1 N–H and O–H groups in total. The maximum absolute atomic E-state index is 12.9. The van der Waals surface area contributed by atoms with Gasteiger partial charge in [0.1, 0.15) is 6.07 Å². The molecule has 1 heterocycles. The van der Waals surface area contributed by atoms with Crippen LogP contribution in [-0.4, -0.2) is 36.4 Å². The van der Waals surface area contributed by atoms with Crippen molar-refractivity contribution < 1.29 is 24.2 Å². The molecule has 0 saturated carbocycles. The molecule has 2 aromatic rings. The van der Waals surface area contributed by atoms with Gasteiger partial charge in [-0.1, -0.05) is 12.1 Å². The van der Waals surface area contributed by atoms with E-state index in [0.717, 1.165) is 0 Å². The first kappa shape index (κ1) is 19.6. The highest BCUT2D eigenvalue weighted by Crippen LogP contribution is 2.30. The van der Waals surface area contributed by atoms with Crippen molar-refractivity contribution in [1.82, 2.24) is 0 Å². The molecule has 0 aliphatic carbocycles. The molecular formula is C21H17N3O5. The van der Waals surface area contributed by atoms with E-state index < -0.39 is 5.97 Å². The van der Waals surface area contributed by atoms with E-state index >= 15 is 0 Å². The molecule has 0 unspecified atom stereocenters. The zero-order chi connectivity index (χ0) is 21.0. The Kier molecular flexibility index (Phi) is 5.60. The summed E-state index contributed by atoms with van der Waals surface area (Å²) in [6.45, 7) is 1.60. The minimum atomic E-state index is -1.08. The standard InChI is InChI=1S/C21H17N3O5/c1-13-17(10-14-6-7-18(29-9-8-22)19(11-14)28-2)20(25)24(23-13)16-5-3-4-15(12-16)21(26)27/h3-7,10-12H,9H2,1-2H3,(H,26,27)/b17-10-. The molecule has 29 heavy (non-hydrogen) atoms. The largest absolute Gasteiger partial charge is 0.493 e. The summed E-state index contributed by atoms with van der Waals surface area (Å²) in [6, 6.07) is 13.0. The van der Waals surface area contributed by atoms with Crippen molar-refractivity contribution in [3.05, 3.63) is 59.2 Å². The molecule has 146 valence electrons. The molecule has 1 amide bonds. The van der Waals surface area contributed by atoms with Gasteiger partial charge in [0, 0.05) is 0 Å². The number of hydrogen-bond acceptors (Lipinski definition) is 6. The second-order valence-corrected chi connectivity index (χ2v) is 6.07. The van der Waals surface area contributed by atoms with Crippen molar-refractivity contribution in [2.75, 3.05) is 18.7 Å². The molecule has 0 spiro atoms. The van der Waals surface area contributed by atoms with Crippen LogP contribution in [0.3, 0.4) is 0 Å². The summed E-state index contributed by atoms with van der Waals surface area (Å²) in [4.78, 5) is 24.1. The van der Waals surface area contributed by atoms with Gasteiger partial charge in [-0.25, -0.2) is 4.79 Å². The second-order valence-electron chi connectivity index (χ2n) is 6.07. The van der Waals surface area contributed by atoms with Gasteiger partial charge < -0.3 is 14.6 Å². The summed E-state index contributed by atoms with van der Waals surface area (Å²) in [5.74, 6) is -0.596. The molecule has 8 heteroatoms. The van der Waals surface area contributed by atoms with Crippen LogP contribution in [0.1, 0.15) is 22.8 Å². The number of benzene rings is 2. The number of anilines is 1. The number of carboxylic acid groups (broad SMARTS) is 1. The topological polar surface area (TPSA) is 112 Å². The van der Waals surface area contributed by atoms with Crippen molar-refractivity contribution in [2.24, 2.45) is 5.10 Å². The van der Waals surface area contributed by atoms with Crippen LogP contribution in [0.15, 0.2) is 53.1 Å². The van der Waals surface area contributed by atoms with Crippen LogP contribution < -0.4 is 14.5 Å². The van der Waals surface area contributed by atoms with Gasteiger partial charge >= 0.3 is 5.97 Å². The van der Waals surface area contributed by atoms with Gasteiger partial charge in [0.15, 0.2) is 18.1 Å². The quantitative estimate of drug-likeness (QED) is 0.757. The van der Waals surface area contributed by atoms with Crippen LogP contribution in [0.5, 0.6) is 11.5 Å². The van der Waals surface area contributed by atoms with Crippen molar-refractivity contribution in [1.29, 1.82) is 5.26 Å². The number of nitrogens with zero attached hydrogens (tertiary/aromatic N) is 3. The summed E-state index contributed by atoms with van der Waals surface area (Å²) in [7, 11) is 1.48. The van der Waals surface area contributed by atoms with Gasteiger partial charge in [-0.05, 0) is 48.9 Å². The number of hydrazone groups is 1. The van der Waals surface area contributed by atoms with Crippen molar-refractivity contribution in [3.8, 4) is 17.6 Å². The lowest BCUT2D eigenvalue weighted by molar-refractivity contribution is -0.114. The number of aromatic carboxylic acids is 1. The van der Waals surface area contributed by atoms with Crippen molar-refractivity contribution in [3.63, 3.8) is 0 Å². The van der Waals surface area contributed by atoms with E-state index in [2.05, 4.69) is 5.10 Å². The number of carbonyl (C=O) groups is 2. The Bertz CT molecular complexity index is 1080. The summed E-state index contributed by atoms with van der Waals surface area (Å²) in [5.41, 5.74) is 2.00. The first-order valence-electron chi connectivity index (χ1n) is 8.57. The molecule has 0 radical (unpaired) electrons. The minimum Gasteiger partial charge on any atom is -0.493 e. The van der Waals surface area contributed by atoms with Gasteiger partial charge in [0.05, 0.1) is 29.6 Å². The summed E-state index contributed by atoms with van der Waals surface area (Å²) < 4.78 is 10.6. The number of carboxylic acids is 1. The Morgan fingerprint density at radius 3 is 2.76 bits per heavy atom. The highest BCUT2D eigenvalue weighted by Gasteiger charge is 2.29. The molecule has 1 aliphatic heterocycles. The van der Waals surface area contributed by atoms with Crippen LogP contribution in [0.2, 0.25) is 0 Å². The first-order chi connectivity index (χ1) is 13.9. The number of ether oxygens (including phenoxy) is 2. The Hall–Kier alpha value is -4.12. The molecule has 0 saturated heterocycles. The lowest BCUT2D eigenvalue weighted by Gasteiger charge is -2.12. The lowest BCUT2D eigenvalue weighted by atomic mass is 10.1. The minimum absolute atomic E-state index is 0.0678. The van der Waals surface area contributed by atoms with Gasteiger partial charge in [0.2, 0.25) is 0 Å². The Morgan fingerprint density at radius 2 is 2.07 bits per heavy atom. The van der Waals surface area contributed by atoms with Gasteiger partial charge in [-0.2, -0.15) is 15.4 Å². The maximum Gasteiger partial charge on any atom is 0.335 e. The number of amides is 1. The third kappa shape index (κ3) is 4.09. The van der Waals surface area contributed by atoms with Crippen LogP contribution in [-0.2, 0) is 4.79 Å². The van der Waals surface area contributed by atoms with Crippen molar-refractivity contribution >= 4 is 29.4 Å². The Morgan fingerprint density at radius 1 is 1.28 bits per heavy atom. The fourth-order valence-electron chi connectivity index (χ4n) is 2.80.